The van der Waals surface area contributed by atoms with Crippen LogP contribution in [-0.4, -0.2) is 55.0 Å². The van der Waals surface area contributed by atoms with Crippen molar-refractivity contribution in [3.63, 3.8) is 0 Å². The summed E-state index contributed by atoms with van der Waals surface area (Å²) in [6, 6.07) is 5.77. The molecule has 1 aliphatic rings. The minimum Gasteiger partial charge on any atom is -0.490 e. The highest BCUT2D eigenvalue weighted by molar-refractivity contribution is 5.99. The molecule has 134 valence electrons. The first-order chi connectivity index (χ1) is 12.1. The molecular weight excluding hydrogens is 324 g/mol. The van der Waals surface area contributed by atoms with Crippen molar-refractivity contribution in [3.8, 4) is 5.75 Å². The summed E-state index contributed by atoms with van der Waals surface area (Å²) < 4.78 is 10.3. The smallest absolute Gasteiger partial charge is 0.308 e. The highest BCUT2D eigenvalue weighted by atomic mass is 16.5. The zero-order valence-electron chi connectivity index (χ0n) is 14.2. The van der Waals surface area contributed by atoms with Gasteiger partial charge in [-0.3, -0.25) is 14.4 Å². The van der Waals surface area contributed by atoms with Gasteiger partial charge in [0.2, 0.25) is 5.91 Å². The number of piperazine rings is 1. The Hall–Kier alpha value is -2.83. The monoisotopic (exact) mass is 346 g/mol. The lowest BCUT2D eigenvalue weighted by Gasteiger charge is -2.34. The van der Waals surface area contributed by atoms with Crippen molar-refractivity contribution in [2.24, 2.45) is 0 Å². The second-order valence-corrected chi connectivity index (χ2v) is 5.44. The molecule has 1 aromatic carbocycles. The molecule has 1 heterocycles. The Morgan fingerprint density at radius 1 is 1.36 bits per heavy atom. The van der Waals surface area contributed by atoms with E-state index in [1.54, 1.807) is 37.3 Å². The minimum atomic E-state index is -0.864. The van der Waals surface area contributed by atoms with Gasteiger partial charge in [-0.25, -0.2) is 0 Å². The van der Waals surface area contributed by atoms with E-state index in [1.807, 2.05) is 0 Å². The molecule has 1 N–H and O–H groups in total. The summed E-state index contributed by atoms with van der Waals surface area (Å²) >= 11 is 0. The Morgan fingerprint density at radius 3 is 2.72 bits per heavy atom. The van der Waals surface area contributed by atoms with Gasteiger partial charge < -0.3 is 19.7 Å². The van der Waals surface area contributed by atoms with E-state index in [0.717, 1.165) is 0 Å². The van der Waals surface area contributed by atoms with Crippen molar-refractivity contribution >= 4 is 17.8 Å². The van der Waals surface area contributed by atoms with Gasteiger partial charge in [0, 0.05) is 18.7 Å². The van der Waals surface area contributed by atoms with Crippen LogP contribution >= 0.6 is 0 Å². The van der Waals surface area contributed by atoms with Crippen LogP contribution < -0.4 is 10.1 Å². The molecule has 0 aliphatic carbocycles. The Labute approximate surface area is 146 Å². The molecule has 7 heteroatoms. The van der Waals surface area contributed by atoms with E-state index >= 15 is 0 Å². The number of benzene rings is 1. The minimum absolute atomic E-state index is 0.161. The molecule has 7 nitrogen and oxygen atoms in total. The Bertz CT molecular complexity index is 641. The van der Waals surface area contributed by atoms with Crippen LogP contribution in [0.3, 0.4) is 0 Å². The van der Waals surface area contributed by atoms with Gasteiger partial charge in [-0.1, -0.05) is 12.7 Å². The first-order valence-electron chi connectivity index (χ1n) is 8.15. The maximum absolute atomic E-state index is 12.8. The van der Waals surface area contributed by atoms with Crippen molar-refractivity contribution in [1.29, 1.82) is 0 Å². The van der Waals surface area contributed by atoms with Crippen LogP contribution in [0.2, 0.25) is 0 Å². The molecule has 1 atom stereocenters. The Balaban J connectivity index is 2.12. The van der Waals surface area contributed by atoms with Crippen molar-refractivity contribution in [3.05, 3.63) is 42.5 Å². The Morgan fingerprint density at radius 2 is 2.08 bits per heavy atom. The second kappa shape index (κ2) is 8.86. The summed E-state index contributed by atoms with van der Waals surface area (Å²) in [6.45, 7) is 6.56. The maximum atomic E-state index is 12.8. The molecule has 1 aromatic rings. The van der Waals surface area contributed by atoms with Gasteiger partial charge in [0.1, 0.15) is 18.4 Å². The SMILES string of the molecule is C=CCOc1ccc(C(=O)N2CCNC(=O)[C@H]2CC(=O)OCC)cc1. The lowest BCUT2D eigenvalue weighted by atomic mass is 10.1. The van der Waals surface area contributed by atoms with E-state index < -0.39 is 12.0 Å². The van der Waals surface area contributed by atoms with E-state index in [-0.39, 0.29) is 24.8 Å². The third-order valence-corrected chi connectivity index (χ3v) is 3.73. The van der Waals surface area contributed by atoms with Gasteiger partial charge in [0.15, 0.2) is 0 Å². The largest absolute Gasteiger partial charge is 0.490 e. The highest BCUT2D eigenvalue weighted by Gasteiger charge is 2.35. The quantitative estimate of drug-likeness (QED) is 0.591. The van der Waals surface area contributed by atoms with Crippen molar-refractivity contribution in [1.82, 2.24) is 10.2 Å². The molecule has 25 heavy (non-hydrogen) atoms. The fraction of sp³-hybridized carbons (Fsp3) is 0.389. The number of hydrogen-bond donors (Lipinski definition) is 1. The Kier molecular flexibility index (Phi) is 6.56. The average molecular weight is 346 g/mol. The van der Waals surface area contributed by atoms with Crippen molar-refractivity contribution in [2.45, 2.75) is 19.4 Å². The van der Waals surface area contributed by atoms with Crippen molar-refractivity contribution in [2.75, 3.05) is 26.3 Å². The zero-order valence-corrected chi connectivity index (χ0v) is 14.2. The lowest BCUT2D eigenvalue weighted by molar-refractivity contribution is -0.147. The number of rotatable bonds is 7. The van der Waals surface area contributed by atoms with Crippen LogP contribution in [0.25, 0.3) is 0 Å². The number of amides is 2. The first-order valence-corrected chi connectivity index (χ1v) is 8.15. The standard InChI is InChI=1S/C18H22N2O5/c1-3-11-25-14-7-5-13(6-8-14)18(23)20-10-9-19-17(22)15(20)12-16(21)24-4-2/h3,5-8,15H,1,4,9-12H2,2H3,(H,19,22)/t15-/m1/s1. The summed E-state index contributed by atoms with van der Waals surface area (Å²) in [6.07, 6.45) is 1.47. The van der Waals surface area contributed by atoms with Gasteiger partial charge in [-0.15, -0.1) is 0 Å². The number of nitrogens with one attached hydrogen (secondary N) is 1. The summed E-state index contributed by atoms with van der Waals surface area (Å²) in [5.74, 6) is -0.538. The van der Waals surface area contributed by atoms with Crippen LogP contribution in [0.4, 0.5) is 0 Å². The zero-order chi connectivity index (χ0) is 18.2. The second-order valence-electron chi connectivity index (χ2n) is 5.44. The number of carbonyl (C=O) groups is 3. The number of esters is 1. The highest BCUT2D eigenvalue weighted by Crippen LogP contribution is 2.17. The van der Waals surface area contributed by atoms with E-state index in [4.69, 9.17) is 9.47 Å². The molecule has 2 rings (SSSR count). The summed E-state index contributed by atoms with van der Waals surface area (Å²) in [7, 11) is 0. The molecular formula is C18H22N2O5. The molecule has 2 amide bonds. The fourth-order valence-electron chi connectivity index (χ4n) is 2.55. The molecule has 1 aliphatic heterocycles. The van der Waals surface area contributed by atoms with Crippen LogP contribution in [0.5, 0.6) is 5.75 Å². The van der Waals surface area contributed by atoms with E-state index in [9.17, 15) is 14.4 Å². The third-order valence-electron chi connectivity index (χ3n) is 3.73. The molecule has 0 spiro atoms. The van der Waals surface area contributed by atoms with Gasteiger partial charge >= 0.3 is 5.97 Å². The van der Waals surface area contributed by atoms with E-state index in [0.29, 0.717) is 31.0 Å². The number of hydrogen-bond acceptors (Lipinski definition) is 5. The van der Waals surface area contributed by atoms with Crippen LogP contribution in [0.1, 0.15) is 23.7 Å². The predicted molar refractivity (Wildman–Crippen MR) is 91.2 cm³/mol. The molecule has 0 bridgehead atoms. The van der Waals surface area contributed by atoms with Crippen molar-refractivity contribution < 1.29 is 23.9 Å². The summed E-state index contributed by atoms with van der Waals surface area (Å²) in [5.41, 5.74) is 0.425. The molecule has 0 aromatic heterocycles. The van der Waals surface area contributed by atoms with E-state index in [2.05, 4.69) is 11.9 Å². The van der Waals surface area contributed by atoms with Crippen LogP contribution in [-0.2, 0) is 14.3 Å². The van der Waals surface area contributed by atoms with Gasteiger partial charge in [0.25, 0.3) is 5.91 Å². The molecule has 0 saturated carbocycles. The molecule has 1 fully saturated rings. The predicted octanol–water partition coefficient (Wildman–Crippen LogP) is 1.15. The molecule has 0 unspecified atom stereocenters. The molecule has 0 radical (unpaired) electrons. The lowest BCUT2D eigenvalue weighted by Crippen LogP contribution is -2.57. The third kappa shape index (κ3) is 4.82. The van der Waals surface area contributed by atoms with Gasteiger partial charge in [0.05, 0.1) is 13.0 Å². The number of nitrogens with zero attached hydrogens (tertiary/aromatic N) is 1. The van der Waals surface area contributed by atoms with Crippen LogP contribution in [0, 0.1) is 0 Å². The van der Waals surface area contributed by atoms with Gasteiger partial charge in [-0.2, -0.15) is 0 Å². The fourth-order valence-corrected chi connectivity index (χ4v) is 2.55. The maximum Gasteiger partial charge on any atom is 0.308 e. The molecule has 1 saturated heterocycles. The normalized spacial score (nSPS) is 16.8. The summed E-state index contributed by atoms with van der Waals surface area (Å²) in [5, 5.41) is 2.68. The average Bonchev–Trinajstić information content (AvgIpc) is 2.62. The first kappa shape index (κ1) is 18.5. The number of carbonyl (C=O) groups excluding carboxylic acids is 3. The van der Waals surface area contributed by atoms with Gasteiger partial charge in [-0.05, 0) is 31.2 Å². The summed E-state index contributed by atoms with van der Waals surface area (Å²) in [4.78, 5) is 38.0. The van der Waals surface area contributed by atoms with E-state index in [1.165, 1.54) is 4.90 Å². The van der Waals surface area contributed by atoms with Crippen LogP contribution in [0.15, 0.2) is 36.9 Å². The topological polar surface area (TPSA) is 84.9 Å². The number of ether oxygens (including phenoxy) is 2.